The molecule has 0 unspecified atom stereocenters. The molecule has 132 valence electrons. The van der Waals surface area contributed by atoms with E-state index in [1.165, 1.54) is 30.8 Å². The fraction of sp³-hybridized carbons (Fsp3) is 0.375. The van der Waals surface area contributed by atoms with Gasteiger partial charge in [0.25, 0.3) is 0 Å². The Morgan fingerprint density at radius 1 is 1.40 bits per heavy atom. The predicted octanol–water partition coefficient (Wildman–Crippen LogP) is 2.11. The van der Waals surface area contributed by atoms with Crippen LogP contribution in [0.1, 0.15) is 31.2 Å². The van der Waals surface area contributed by atoms with Crippen molar-refractivity contribution in [2.24, 2.45) is 5.10 Å². The second kappa shape index (κ2) is 8.52. The summed E-state index contributed by atoms with van der Waals surface area (Å²) in [7, 11) is 0. The van der Waals surface area contributed by atoms with Crippen LogP contribution in [0.15, 0.2) is 34.5 Å². The molecule has 1 aliphatic carbocycles. The van der Waals surface area contributed by atoms with Gasteiger partial charge in [-0.3, -0.25) is 4.79 Å². The van der Waals surface area contributed by atoms with Crippen molar-refractivity contribution in [1.82, 2.24) is 20.5 Å². The van der Waals surface area contributed by atoms with Gasteiger partial charge in [-0.2, -0.15) is 10.1 Å². The van der Waals surface area contributed by atoms with E-state index in [2.05, 4.69) is 31.0 Å². The number of amides is 1. The molecule has 1 fully saturated rings. The number of anilines is 1. The summed E-state index contributed by atoms with van der Waals surface area (Å²) in [6.07, 6.45) is 6.00. The highest BCUT2D eigenvalue weighted by atomic mass is 32.2. The number of phenolic OH excluding ortho intramolecular Hbond substituents is 1. The highest BCUT2D eigenvalue weighted by Crippen LogP contribution is 2.19. The molecular weight excluding hydrogens is 340 g/mol. The molecule has 1 aromatic carbocycles. The number of aromatic hydroxyl groups is 1. The second-order valence-electron chi connectivity index (χ2n) is 5.73. The van der Waals surface area contributed by atoms with E-state index in [1.54, 1.807) is 24.3 Å². The lowest BCUT2D eigenvalue weighted by Crippen LogP contribution is -2.33. The molecule has 9 heteroatoms. The Labute approximate surface area is 149 Å². The molecule has 4 N–H and O–H groups in total. The van der Waals surface area contributed by atoms with Crippen LogP contribution < -0.4 is 10.7 Å². The van der Waals surface area contributed by atoms with Crippen LogP contribution in [0.5, 0.6) is 5.75 Å². The summed E-state index contributed by atoms with van der Waals surface area (Å²) in [5, 5.41) is 23.9. The molecule has 8 nitrogen and oxygen atoms in total. The Morgan fingerprint density at radius 3 is 3.00 bits per heavy atom. The Hall–Kier alpha value is -2.55. The lowest BCUT2D eigenvalue weighted by Gasteiger charge is -2.10. The quantitative estimate of drug-likeness (QED) is 0.341. The third-order valence-corrected chi connectivity index (χ3v) is 4.68. The van der Waals surface area contributed by atoms with Crippen molar-refractivity contribution >= 4 is 29.8 Å². The average Bonchev–Trinajstić information content (AvgIpc) is 3.27. The number of rotatable bonds is 7. The van der Waals surface area contributed by atoms with E-state index in [4.69, 9.17) is 0 Å². The van der Waals surface area contributed by atoms with Crippen LogP contribution in [-0.4, -0.2) is 44.2 Å². The van der Waals surface area contributed by atoms with E-state index in [1.807, 2.05) is 0 Å². The number of carbonyl (C=O) groups excluding carboxylic acids is 1. The van der Waals surface area contributed by atoms with Crippen molar-refractivity contribution in [3.05, 3.63) is 29.8 Å². The Morgan fingerprint density at radius 2 is 2.20 bits per heavy atom. The van der Waals surface area contributed by atoms with Gasteiger partial charge in [0.2, 0.25) is 17.0 Å². The number of carbonyl (C=O) groups is 1. The number of aromatic amines is 1. The highest BCUT2D eigenvalue weighted by molar-refractivity contribution is 7.99. The molecule has 0 radical (unpaired) electrons. The fourth-order valence-electron chi connectivity index (χ4n) is 2.59. The van der Waals surface area contributed by atoms with Crippen LogP contribution in [0, 0.1) is 0 Å². The summed E-state index contributed by atoms with van der Waals surface area (Å²) in [6.45, 7) is 0. The Balaban J connectivity index is 1.44. The van der Waals surface area contributed by atoms with E-state index >= 15 is 0 Å². The molecule has 0 atom stereocenters. The number of aromatic nitrogens is 3. The number of thioether (sulfide) groups is 1. The van der Waals surface area contributed by atoms with Crippen molar-refractivity contribution in [2.75, 3.05) is 11.2 Å². The maximum Gasteiger partial charge on any atom is 0.240 e. The first-order valence-corrected chi connectivity index (χ1v) is 9.11. The van der Waals surface area contributed by atoms with Gasteiger partial charge in [0.05, 0.1) is 12.0 Å². The van der Waals surface area contributed by atoms with Gasteiger partial charge in [-0.25, -0.2) is 10.5 Å². The van der Waals surface area contributed by atoms with Crippen LogP contribution in [0.2, 0.25) is 0 Å². The predicted molar refractivity (Wildman–Crippen MR) is 96.8 cm³/mol. The number of nitrogens with one attached hydrogen (secondary N) is 3. The van der Waals surface area contributed by atoms with Crippen LogP contribution >= 0.6 is 11.8 Å². The van der Waals surface area contributed by atoms with Gasteiger partial charge in [0, 0.05) is 11.6 Å². The highest BCUT2D eigenvalue weighted by Gasteiger charge is 2.17. The van der Waals surface area contributed by atoms with Crippen LogP contribution in [0.4, 0.5) is 5.95 Å². The fourth-order valence-corrected chi connectivity index (χ4v) is 3.20. The van der Waals surface area contributed by atoms with E-state index in [0.717, 1.165) is 12.8 Å². The minimum atomic E-state index is 0.00813. The standard InChI is InChI=1S/C16H20N6O2S/c23-13-8-4-1-5-11(13)9-17-20-15-19-16(22-21-15)25-10-14(24)18-12-6-2-3-7-12/h1,4-5,8-9,12,23H,2-3,6-7,10H2,(H,18,24)(H2,19,20,21,22)/b17-9-. The first kappa shape index (κ1) is 17.3. The number of H-pyrrole nitrogens is 1. The van der Waals surface area contributed by atoms with Gasteiger partial charge in [-0.1, -0.05) is 36.7 Å². The monoisotopic (exact) mass is 360 g/mol. The van der Waals surface area contributed by atoms with Crippen LogP contribution in [0.25, 0.3) is 0 Å². The summed E-state index contributed by atoms with van der Waals surface area (Å²) in [6, 6.07) is 7.19. The average molecular weight is 360 g/mol. The minimum Gasteiger partial charge on any atom is -0.507 e. The van der Waals surface area contributed by atoms with Crippen LogP contribution in [-0.2, 0) is 4.79 Å². The smallest absolute Gasteiger partial charge is 0.240 e. The van der Waals surface area contributed by atoms with Crippen molar-refractivity contribution in [1.29, 1.82) is 0 Å². The minimum absolute atomic E-state index is 0.00813. The zero-order chi connectivity index (χ0) is 17.5. The van der Waals surface area contributed by atoms with Crippen molar-refractivity contribution < 1.29 is 9.90 Å². The van der Waals surface area contributed by atoms with Gasteiger partial charge >= 0.3 is 0 Å². The van der Waals surface area contributed by atoms with E-state index in [0.29, 0.717) is 22.7 Å². The van der Waals surface area contributed by atoms with Gasteiger partial charge in [-0.15, -0.1) is 5.10 Å². The number of hydrogen-bond donors (Lipinski definition) is 4. The third-order valence-electron chi connectivity index (χ3n) is 3.83. The molecule has 0 bridgehead atoms. The van der Waals surface area contributed by atoms with Gasteiger partial charge in [0.1, 0.15) is 5.75 Å². The normalized spacial score (nSPS) is 14.9. The molecule has 1 aromatic heterocycles. The van der Waals surface area contributed by atoms with E-state index in [-0.39, 0.29) is 17.4 Å². The first-order valence-electron chi connectivity index (χ1n) is 8.12. The SMILES string of the molecule is O=C(CSc1n[nH]c(N/N=C\c2ccccc2O)n1)NC1CCCC1. The number of hydrazone groups is 1. The molecule has 0 aliphatic heterocycles. The molecule has 0 spiro atoms. The second-order valence-corrected chi connectivity index (χ2v) is 6.68. The lowest BCUT2D eigenvalue weighted by atomic mass is 10.2. The maximum atomic E-state index is 11.9. The summed E-state index contributed by atoms with van der Waals surface area (Å²) >= 11 is 1.27. The number of phenols is 1. The molecular formula is C16H20N6O2S. The molecule has 1 saturated carbocycles. The molecule has 2 aromatic rings. The number of benzene rings is 1. The zero-order valence-corrected chi connectivity index (χ0v) is 14.4. The molecule has 3 rings (SSSR count). The third kappa shape index (κ3) is 5.21. The van der Waals surface area contributed by atoms with Crippen molar-refractivity contribution in [2.45, 2.75) is 36.9 Å². The Kier molecular flexibility index (Phi) is 5.89. The molecule has 25 heavy (non-hydrogen) atoms. The maximum absolute atomic E-state index is 11.9. The topological polar surface area (TPSA) is 115 Å². The summed E-state index contributed by atoms with van der Waals surface area (Å²) < 4.78 is 0. The first-order chi connectivity index (χ1) is 12.2. The number of para-hydroxylation sites is 1. The number of nitrogens with zero attached hydrogens (tertiary/aromatic N) is 3. The largest absolute Gasteiger partial charge is 0.507 e. The molecule has 1 aliphatic rings. The van der Waals surface area contributed by atoms with Crippen molar-refractivity contribution in [3.8, 4) is 5.75 Å². The number of hydrogen-bond acceptors (Lipinski definition) is 7. The van der Waals surface area contributed by atoms with E-state index < -0.39 is 0 Å². The van der Waals surface area contributed by atoms with Gasteiger partial charge in [0.15, 0.2) is 0 Å². The summed E-state index contributed by atoms with van der Waals surface area (Å²) in [5.74, 6) is 0.809. The lowest BCUT2D eigenvalue weighted by molar-refractivity contribution is -0.119. The molecule has 0 saturated heterocycles. The summed E-state index contributed by atoms with van der Waals surface area (Å²) in [4.78, 5) is 16.1. The van der Waals surface area contributed by atoms with E-state index in [9.17, 15) is 9.90 Å². The van der Waals surface area contributed by atoms with Crippen molar-refractivity contribution in [3.63, 3.8) is 0 Å². The van der Waals surface area contributed by atoms with Gasteiger partial charge in [-0.05, 0) is 25.0 Å². The Bertz CT molecular complexity index is 742. The summed E-state index contributed by atoms with van der Waals surface area (Å²) in [5.41, 5.74) is 3.29. The van der Waals surface area contributed by atoms with Gasteiger partial charge < -0.3 is 10.4 Å². The zero-order valence-electron chi connectivity index (χ0n) is 13.6. The van der Waals surface area contributed by atoms with Crippen LogP contribution in [0.3, 0.4) is 0 Å². The molecule has 1 heterocycles. The molecule has 1 amide bonds.